The van der Waals surface area contributed by atoms with Gasteiger partial charge in [-0.3, -0.25) is 4.79 Å². The number of amides is 1. The highest BCUT2D eigenvalue weighted by Gasteiger charge is 2.36. The Balaban J connectivity index is 1.72. The molecule has 0 spiro atoms. The second-order valence-corrected chi connectivity index (χ2v) is 5.86. The van der Waals surface area contributed by atoms with Crippen molar-refractivity contribution in [2.24, 2.45) is 5.10 Å². The number of carbonyl (C=O) groups excluding carboxylic acids is 1. The quantitative estimate of drug-likeness (QED) is 0.704. The summed E-state index contributed by atoms with van der Waals surface area (Å²) >= 11 is 6.00. The average Bonchev–Trinajstić information content (AvgIpc) is 3.32. The Morgan fingerprint density at radius 1 is 1.12 bits per heavy atom. The summed E-state index contributed by atoms with van der Waals surface area (Å²) in [5.74, 6) is 1.09. The number of rotatable bonds is 3. The topological polar surface area (TPSA) is 59.0 Å². The Kier molecular flexibility index (Phi) is 3.70. The van der Waals surface area contributed by atoms with Crippen molar-refractivity contribution in [3.63, 3.8) is 0 Å². The van der Waals surface area contributed by atoms with Gasteiger partial charge in [0.25, 0.3) is 5.91 Å². The minimum atomic E-state index is -0.313. The van der Waals surface area contributed by atoms with E-state index in [1.165, 1.54) is 5.01 Å². The molecule has 0 bridgehead atoms. The minimum absolute atomic E-state index is 0.236. The molecule has 4 rings (SSSR count). The van der Waals surface area contributed by atoms with Crippen LogP contribution < -0.4 is 0 Å². The number of hydrazone groups is 1. The van der Waals surface area contributed by atoms with Gasteiger partial charge in [0.05, 0.1) is 12.5 Å². The molecular weight excluding hydrogens is 328 g/mol. The van der Waals surface area contributed by atoms with Gasteiger partial charge >= 0.3 is 0 Å². The molecule has 2 aromatic heterocycles. The fourth-order valence-corrected chi connectivity index (χ4v) is 2.94. The van der Waals surface area contributed by atoms with Crippen LogP contribution in [0.5, 0.6) is 0 Å². The van der Waals surface area contributed by atoms with Crippen molar-refractivity contribution in [3.05, 3.63) is 83.2 Å². The Morgan fingerprint density at radius 2 is 1.96 bits per heavy atom. The highest BCUT2D eigenvalue weighted by Crippen LogP contribution is 2.34. The maximum absolute atomic E-state index is 12.9. The first-order valence-corrected chi connectivity index (χ1v) is 7.84. The fraction of sp³-hybridized carbons (Fsp3) is 0.111. The van der Waals surface area contributed by atoms with Crippen LogP contribution in [-0.2, 0) is 0 Å². The number of benzene rings is 1. The van der Waals surface area contributed by atoms with Crippen molar-refractivity contribution in [3.8, 4) is 0 Å². The van der Waals surface area contributed by atoms with Gasteiger partial charge in [-0.25, -0.2) is 5.01 Å². The zero-order chi connectivity index (χ0) is 16.5. The monoisotopic (exact) mass is 340 g/mol. The molecule has 0 saturated heterocycles. The molecule has 1 aliphatic heterocycles. The van der Waals surface area contributed by atoms with E-state index in [9.17, 15) is 4.79 Å². The van der Waals surface area contributed by atoms with E-state index in [-0.39, 0.29) is 11.9 Å². The summed E-state index contributed by atoms with van der Waals surface area (Å²) in [4.78, 5) is 12.9. The molecule has 6 heteroatoms. The molecule has 1 aromatic carbocycles. The number of hydrogen-bond donors (Lipinski definition) is 0. The molecular formula is C18H13ClN2O3. The van der Waals surface area contributed by atoms with E-state index in [4.69, 9.17) is 20.4 Å². The Bertz CT molecular complexity index is 885. The lowest BCUT2D eigenvalue weighted by Crippen LogP contribution is -2.26. The molecule has 5 nitrogen and oxygen atoms in total. The van der Waals surface area contributed by atoms with Gasteiger partial charge in [-0.05, 0) is 42.5 Å². The first-order valence-electron chi connectivity index (χ1n) is 7.46. The van der Waals surface area contributed by atoms with Crippen LogP contribution in [-0.4, -0.2) is 16.6 Å². The van der Waals surface area contributed by atoms with E-state index in [1.807, 2.05) is 12.1 Å². The summed E-state index contributed by atoms with van der Waals surface area (Å²) in [6, 6.07) is 13.7. The lowest BCUT2D eigenvalue weighted by Gasteiger charge is -2.19. The zero-order valence-electron chi connectivity index (χ0n) is 12.6. The number of furan rings is 2. The predicted octanol–water partition coefficient (Wildman–Crippen LogP) is 4.52. The van der Waals surface area contributed by atoms with E-state index in [0.29, 0.717) is 34.2 Å². The van der Waals surface area contributed by atoms with Gasteiger partial charge in [-0.1, -0.05) is 17.7 Å². The van der Waals surface area contributed by atoms with Gasteiger partial charge < -0.3 is 8.83 Å². The second-order valence-electron chi connectivity index (χ2n) is 5.42. The second kappa shape index (κ2) is 6.02. The molecule has 0 unspecified atom stereocenters. The number of hydrogen-bond acceptors (Lipinski definition) is 4. The molecule has 1 atom stereocenters. The predicted molar refractivity (Wildman–Crippen MR) is 88.9 cm³/mol. The van der Waals surface area contributed by atoms with Crippen molar-refractivity contribution < 1.29 is 13.6 Å². The van der Waals surface area contributed by atoms with Crippen LogP contribution in [0.4, 0.5) is 0 Å². The lowest BCUT2D eigenvalue weighted by molar-refractivity contribution is 0.0693. The van der Waals surface area contributed by atoms with Crippen molar-refractivity contribution in [1.82, 2.24) is 5.01 Å². The summed E-state index contributed by atoms with van der Waals surface area (Å²) in [6.45, 7) is 0. The van der Waals surface area contributed by atoms with Gasteiger partial charge in [-0.2, -0.15) is 5.10 Å². The normalized spacial score (nSPS) is 17.1. The molecule has 3 aromatic rings. The zero-order valence-corrected chi connectivity index (χ0v) is 13.3. The molecule has 0 N–H and O–H groups in total. The maximum atomic E-state index is 12.9. The molecule has 3 heterocycles. The molecule has 1 amide bonds. The van der Waals surface area contributed by atoms with Crippen LogP contribution in [0.1, 0.15) is 34.3 Å². The SMILES string of the molecule is O=C(c1cccc(Cl)c1)N1N=C(c2ccco2)C[C@H]1c1ccco1. The standard InChI is InChI=1S/C18H13ClN2O3/c19-13-5-1-4-12(10-13)18(22)21-15(17-7-3-9-24-17)11-14(20-21)16-6-2-8-23-16/h1-10,15H,11H2/t15-/m0/s1. The van der Waals surface area contributed by atoms with Crippen molar-refractivity contribution in [2.45, 2.75) is 12.5 Å². The highest BCUT2D eigenvalue weighted by atomic mass is 35.5. The molecule has 24 heavy (non-hydrogen) atoms. The van der Waals surface area contributed by atoms with Gasteiger partial charge in [0, 0.05) is 17.0 Å². The smallest absolute Gasteiger partial charge is 0.274 e. The Morgan fingerprint density at radius 3 is 2.67 bits per heavy atom. The third kappa shape index (κ3) is 2.63. The van der Waals surface area contributed by atoms with E-state index >= 15 is 0 Å². The van der Waals surface area contributed by atoms with E-state index in [2.05, 4.69) is 5.10 Å². The summed E-state index contributed by atoms with van der Waals surface area (Å²) in [7, 11) is 0. The molecule has 120 valence electrons. The van der Waals surface area contributed by atoms with Gasteiger partial charge in [0.2, 0.25) is 0 Å². The van der Waals surface area contributed by atoms with Crippen molar-refractivity contribution in [1.29, 1.82) is 0 Å². The first kappa shape index (κ1) is 14.8. The number of nitrogens with zero attached hydrogens (tertiary/aromatic N) is 2. The van der Waals surface area contributed by atoms with E-state index < -0.39 is 0 Å². The number of carbonyl (C=O) groups is 1. The van der Waals surface area contributed by atoms with Crippen LogP contribution in [0.15, 0.2) is 75.0 Å². The van der Waals surface area contributed by atoms with Crippen LogP contribution >= 0.6 is 11.6 Å². The summed E-state index contributed by atoms with van der Waals surface area (Å²) < 4.78 is 10.9. The van der Waals surface area contributed by atoms with Gasteiger partial charge in [0.15, 0.2) is 0 Å². The summed E-state index contributed by atoms with van der Waals surface area (Å²) in [6.07, 6.45) is 3.69. The van der Waals surface area contributed by atoms with E-state index in [0.717, 1.165) is 0 Å². The highest BCUT2D eigenvalue weighted by molar-refractivity contribution is 6.31. The molecule has 0 fully saturated rings. The molecule has 0 radical (unpaired) electrons. The maximum Gasteiger partial charge on any atom is 0.274 e. The molecule has 0 saturated carbocycles. The van der Waals surface area contributed by atoms with Crippen molar-refractivity contribution in [2.75, 3.05) is 0 Å². The lowest BCUT2D eigenvalue weighted by atomic mass is 10.1. The Hall–Kier alpha value is -2.79. The Labute approximate surface area is 143 Å². The van der Waals surface area contributed by atoms with E-state index in [1.54, 1.807) is 48.9 Å². The third-order valence-electron chi connectivity index (χ3n) is 3.87. The van der Waals surface area contributed by atoms with Crippen LogP contribution in [0.25, 0.3) is 0 Å². The molecule has 0 aliphatic carbocycles. The van der Waals surface area contributed by atoms with Gasteiger partial charge in [-0.15, -0.1) is 0 Å². The summed E-state index contributed by atoms with van der Waals surface area (Å²) in [5.41, 5.74) is 1.18. The van der Waals surface area contributed by atoms with Gasteiger partial charge in [0.1, 0.15) is 23.3 Å². The average molecular weight is 341 g/mol. The fourth-order valence-electron chi connectivity index (χ4n) is 2.75. The van der Waals surface area contributed by atoms with Crippen molar-refractivity contribution >= 4 is 23.2 Å². The van der Waals surface area contributed by atoms with Crippen LogP contribution in [0.2, 0.25) is 5.02 Å². The summed E-state index contributed by atoms with van der Waals surface area (Å²) in [5, 5.41) is 6.41. The first-order chi connectivity index (χ1) is 11.7. The van der Waals surface area contributed by atoms with Crippen LogP contribution in [0.3, 0.4) is 0 Å². The third-order valence-corrected chi connectivity index (χ3v) is 4.10. The number of halogens is 1. The minimum Gasteiger partial charge on any atom is -0.467 e. The van der Waals surface area contributed by atoms with Crippen LogP contribution in [0, 0.1) is 0 Å². The largest absolute Gasteiger partial charge is 0.467 e. The molecule has 1 aliphatic rings.